The monoisotopic (exact) mass is 353 g/mol. The third-order valence-corrected chi connectivity index (χ3v) is 4.08. The summed E-state index contributed by atoms with van der Waals surface area (Å²) in [6.07, 6.45) is 0.851. The van der Waals surface area contributed by atoms with Gasteiger partial charge in [0, 0.05) is 17.7 Å². The molecule has 3 rings (SSSR count). The van der Waals surface area contributed by atoms with Crippen molar-refractivity contribution in [2.75, 3.05) is 17.7 Å². The number of methoxy groups -OCH3 is 1. The number of para-hydroxylation sites is 2. The first-order valence-corrected chi connectivity index (χ1v) is 8.21. The van der Waals surface area contributed by atoms with Crippen molar-refractivity contribution in [3.63, 3.8) is 0 Å². The molecule has 0 aliphatic carbocycles. The van der Waals surface area contributed by atoms with Crippen LogP contribution in [0.3, 0.4) is 0 Å². The van der Waals surface area contributed by atoms with Gasteiger partial charge in [-0.2, -0.15) is 0 Å². The van der Waals surface area contributed by atoms with Crippen LogP contribution in [0.1, 0.15) is 23.2 Å². The fourth-order valence-corrected chi connectivity index (χ4v) is 2.69. The fourth-order valence-electron chi connectivity index (χ4n) is 2.69. The first kappa shape index (κ1) is 17.5. The van der Waals surface area contributed by atoms with E-state index in [2.05, 4.69) is 16.0 Å². The van der Waals surface area contributed by atoms with Gasteiger partial charge in [-0.25, -0.2) is 0 Å². The molecule has 134 valence electrons. The van der Waals surface area contributed by atoms with Crippen LogP contribution in [0.5, 0.6) is 5.75 Å². The van der Waals surface area contributed by atoms with Gasteiger partial charge >= 0.3 is 0 Å². The number of hydrogen-bond acceptors (Lipinski definition) is 4. The highest BCUT2D eigenvalue weighted by atomic mass is 16.5. The van der Waals surface area contributed by atoms with Gasteiger partial charge in [-0.05, 0) is 42.8 Å². The summed E-state index contributed by atoms with van der Waals surface area (Å²) < 4.78 is 5.21. The highest BCUT2D eigenvalue weighted by Crippen LogP contribution is 2.24. The van der Waals surface area contributed by atoms with Crippen molar-refractivity contribution in [2.24, 2.45) is 0 Å². The molecule has 0 radical (unpaired) electrons. The van der Waals surface area contributed by atoms with Gasteiger partial charge in [-0.3, -0.25) is 14.4 Å². The molecule has 0 aromatic heterocycles. The summed E-state index contributed by atoms with van der Waals surface area (Å²) in [7, 11) is 1.54. The first-order valence-electron chi connectivity index (χ1n) is 8.21. The maximum Gasteiger partial charge on any atom is 0.255 e. The molecule has 3 amide bonds. The summed E-state index contributed by atoms with van der Waals surface area (Å²) >= 11 is 0. The lowest BCUT2D eigenvalue weighted by Gasteiger charge is -2.12. The summed E-state index contributed by atoms with van der Waals surface area (Å²) in [4.78, 5) is 35.6. The molecule has 2 aromatic rings. The van der Waals surface area contributed by atoms with Crippen LogP contribution in [0.2, 0.25) is 0 Å². The van der Waals surface area contributed by atoms with E-state index >= 15 is 0 Å². The number of ether oxygens (including phenoxy) is 1. The van der Waals surface area contributed by atoms with Crippen molar-refractivity contribution in [1.82, 2.24) is 5.32 Å². The Balaban J connectivity index is 1.62. The van der Waals surface area contributed by atoms with Crippen LogP contribution in [0, 0.1) is 0 Å². The third kappa shape index (κ3) is 4.00. The van der Waals surface area contributed by atoms with Crippen molar-refractivity contribution in [3.05, 3.63) is 54.1 Å². The predicted octanol–water partition coefficient (Wildman–Crippen LogP) is 2.16. The Labute approximate surface area is 150 Å². The maximum atomic E-state index is 12.4. The Hall–Kier alpha value is -3.35. The molecule has 0 unspecified atom stereocenters. The molecule has 1 aliphatic heterocycles. The second-order valence-electron chi connectivity index (χ2n) is 5.88. The van der Waals surface area contributed by atoms with Crippen molar-refractivity contribution < 1.29 is 19.1 Å². The van der Waals surface area contributed by atoms with E-state index in [-0.39, 0.29) is 17.7 Å². The molecule has 0 spiro atoms. The molecule has 0 saturated carbocycles. The maximum absolute atomic E-state index is 12.4. The van der Waals surface area contributed by atoms with E-state index in [1.54, 1.807) is 42.5 Å². The molecule has 1 aliphatic rings. The lowest BCUT2D eigenvalue weighted by atomic mass is 10.1. The fraction of sp³-hybridized carbons (Fsp3) is 0.211. The number of amides is 3. The van der Waals surface area contributed by atoms with Gasteiger partial charge in [0.15, 0.2) is 0 Å². The SMILES string of the molecule is COc1ccccc1NC(=O)c1ccc(NC(=O)[C@H]2CCC(=O)N2)cc1. The van der Waals surface area contributed by atoms with Crippen LogP contribution < -0.4 is 20.7 Å². The van der Waals surface area contributed by atoms with Crippen molar-refractivity contribution in [2.45, 2.75) is 18.9 Å². The van der Waals surface area contributed by atoms with Crippen LogP contribution in [-0.4, -0.2) is 30.9 Å². The number of nitrogens with one attached hydrogen (secondary N) is 3. The van der Waals surface area contributed by atoms with Gasteiger partial charge in [-0.15, -0.1) is 0 Å². The normalized spacial score (nSPS) is 15.9. The van der Waals surface area contributed by atoms with Gasteiger partial charge in [0.2, 0.25) is 11.8 Å². The smallest absolute Gasteiger partial charge is 0.255 e. The Morgan fingerprint density at radius 2 is 1.81 bits per heavy atom. The zero-order valence-corrected chi connectivity index (χ0v) is 14.2. The number of anilines is 2. The van der Waals surface area contributed by atoms with Gasteiger partial charge in [0.05, 0.1) is 12.8 Å². The van der Waals surface area contributed by atoms with E-state index in [1.165, 1.54) is 7.11 Å². The van der Waals surface area contributed by atoms with Crippen molar-refractivity contribution in [1.29, 1.82) is 0 Å². The Morgan fingerprint density at radius 3 is 2.46 bits per heavy atom. The number of rotatable bonds is 5. The second kappa shape index (κ2) is 7.69. The molecule has 1 heterocycles. The molecular weight excluding hydrogens is 334 g/mol. The molecule has 1 fully saturated rings. The van der Waals surface area contributed by atoms with E-state index < -0.39 is 6.04 Å². The minimum Gasteiger partial charge on any atom is -0.495 e. The van der Waals surface area contributed by atoms with Crippen molar-refractivity contribution in [3.8, 4) is 5.75 Å². The van der Waals surface area contributed by atoms with Gasteiger partial charge in [0.25, 0.3) is 5.91 Å². The van der Waals surface area contributed by atoms with Crippen LogP contribution in [0.15, 0.2) is 48.5 Å². The van der Waals surface area contributed by atoms with Crippen LogP contribution >= 0.6 is 0 Å². The van der Waals surface area contributed by atoms with Crippen LogP contribution in [0.4, 0.5) is 11.4 Å². The Bertz CT molecular complexity index is 833. The highest BCUT2D eigenvalue weighted by molar-refractivity contribution is 6.05. The molecule has 7 nitrogen and oxygen atoms in total. The van der Waals surface area contributed by atoms with Crippen LogP contribution in [0.25, 0.3) is 0 Å². The molecule has 2 aromatic carbocycles. The minimum absolute atomic E-state index is 0.117. The molecule has 26 heavy (non-hydrogen) atoms. The minimum atomic E-state index is -0.504. The number of carbonyl (C=O) groups excluding carboxylic acids is 3. The summed E-state index contributed by atoms with van der Waals surface area (Å²) in [6.45, 7) is 0. The van der Waals surface area contributed by atoms with E-state index in [1.807, 2.05) is 6.07 Å². The van der Waals surface area contributed by atoms with Gasteiger partial charge in [-0.1, -0.05) is 12.1 Å². The zero-order chi connectivity index (χ0) is 18.5. The average molecular weight is 353 g/mol. The summed E-state index contributed by atoms with van der Waals surface area (Å²) in [5, 5.41) is 8.14. The summed E-state index contributed by atoms with van der Waals surface area (Å²) in [5.74, 6) is -0.0886. The van der Waals surface area contributed by atoms with E-state index in [9.17, 15) is 14.4 Å². The molecule has 7 heteroatoms. The lowest BCUT2D eigenvalue weighted by Crippen LogP contribution is -2.37. The van der Waals surface area contributed by atoms with E-state index in [0.717, 1.165) is 0 Å². The number of benzene rings is 2. The summed E-state index contributed by atoms with van der Waals surface area (Å²) in [6, 6.07) is 13.2. The Kier molecular flexibility index (Phi) is 5.17. The van der Waals surface area contributed by atoms with E-state index in [4.69, 9.17) is 4.74 Å². The molecule has 3 N–H and O–H groups in total. The third-order valence-electron chi connectivity index (χ3n) is 4.08. The molecule has 1 saturated heterocycles. The zero-order valence-electron chi connectivity index (χ0n) is 14.2. The first-order chi connectivity index (χ1) is 12.6. The second-order valence-corrected chi connectivity index (χ2v) is 5.88. The number of hydrogen-bond donors (Lipinski definition) is 3. The highest BCUT2D eigenvalue weighted by Gasteiger charge is 2.27. The van der Waals surface area contributed by atoms with Crippen molar-refractivity contribution >= 4 is 29.1 Å². The topological polar surface area (TPSA) is 96.5 Å². The molecule has 1 atom stereocenters. The largest absolute Gasteiger partial charge is 0.495 e. The van der Waals surface area contributed by atoms with Gasteiger partial charge in [0.1, 0.15) is 11.8 Å². The standard InChI is InChI=1S/C19H19N3O4/c1-26-16-5-3-2-4-14(16)22-18(24)12-6-8-13(9-7-12)20-19(25)15-10-11-17(23)21-15/h2-9,15H,10-11H2,1H3,(H,20,25)(H,21,23)(H,22,24)/t15-/m1/s1. The summed E-state index contributed by atoms with van der Waals surface area (Å²) in [5.41, 5.74) is 1.59. The Morgan fingerprint density at radius 1 is 1.08 bits per heavy atom. The van der Waals surface area contributed by atoms with E-state index in [0.29, 0.717) is 35.5 Å². The average Bonchev–Trinajstić information content (AvgIpc) is 3.09. The number of carbonyl (C=O) groups is 3. The van der Waals surface area contributed by atoms with Crippen LogP contribution in [-0.2, 0) is 9.59 Å². The van der Waals surface area contributed by atoms with Gasteiger partial charge < -0.3 is 20.7 Å². The quantitative estimate of drug-likeness (QED) is 0.767. The molecule has 0 bridgehead atoms. The lowest BCUT2D eigenvalue weighted by molar-refractivity contribution is -0.122. The predicted molar refractivity (Wildman–Crippen MR) is 97.2 cm³/mol. The molecular formula is C19H19N3O4.